The molecular formula is C14H18ClN. The topological polar surface area (TPSA) is 12.0 Å². The van der Waals surface area contributed by atoms with Crippen LogP contribution in [-0.4, -0.2) is 7.05 Å². The molecule has 0 aliphatic heterocycles. The van der Waals surface area contributed by atoms with Crippen molar-refractivity contribution in [2.24, 2.45) is 0 Å². The van der Waals surface area contributed by atoms with Gasteiger partial charge in [0.2, 0.25) is 0 Å². The van der Waals surface area contributed by atoms with Crippen molar-refractivity contribution in [2.45, 2.75) is 32.2 Å². The zero-order valence-electron chi connectivity index (χ0n) is 9.89. The van der Waals surface area contributed by atoms with Crippen molar-refractivity contribution < 1.29 is 0 Å². The van der Waals surface area contributed by atoms with E-state index in [1.807, 2.05) is 20.0 Å². The van der Waals surface area contributed by atoms with Gasteiger partial charge >= 0.3 is 0 Å². The highest BCUT2D eigenvalue weighted by atomic mass is 35.5. The summed E-state index contributed by atoms with van der Waals surface area (Å²) >= 11 is 6.24. The molecule has 0 heterocycles. The molecule has 1 aromatic carbocycles. The third-order valence-corrected chi connectivity index (χ3v) is 3.02. The molecule has 0 saturated carbocycles. The number of benzene rings is 1. The molecule has 1 unspecified atom stereocenters. The van der Waals surface area contributed by atoms with Gasteiger partial charge in [-0.3, -0.25) is 0 Å². The molecular weight excluding hydrogens is 218 g/mol. The van der Waals surface area contributed by atoms with Gasteiger partial charge in [0, 0.05) is 17.5 Å². The Morgan fingerprint density at radius 2 is 2.25 bits per heavy atom. The first-order valence-electron chi connectivity index (χ1n) is 5.55. The predicted octanol–water partition coefficient (Wildman–Crippen LogP) is 3.71. The average molecular weight is 236 g/mol. The van der Waals surface area contributed by atoms with Gasteiger partial charge in [-0.15, -0.1) is 12.3 Å². The fourth-order valence-corrected chi connectivity index (χ4v) is 2.15. The van der Waals surface area contributed by atoms with Crippen molar-refractivity contribution in [3.05, 3.63) is 34.3 Å². The molecule has 1 nitrogen and oxygen atoms in total. The predicted molar refractivity (Wildman–Crippen MR) is 70.7 cm³/mol. The van der Waals surface area contributed by atoms with Crippen LogP contribution in [0.3, 0.4) is 0 Å². The molecule has 1 aromatic rings. The second kappa shape index (κ2) is 6.58. The minimum atomic E-state index is 0.293. The van der Waals surface area contributed by atoms with Gasteiger partial charge in [-0.05, 0) is 44.0 Å². The number of rotatable bonds is 5. The first kappa shape index (κ1) is 13.1. The van der Waals surface area contributed by atoms with Gasteiger partial charge < -0.3 is 5.32 Å². The Hall–Kier alpha value is -0.970. The highest BCUT2D eigenvalue weighted by molar-refractivity contribution is 6.31. The summed E-state index contributed by atoms with van der Waals surface area (Å²) in [4.78, 5) is 0. The van der Waals surface area contributed by atoms with E-state index in [9.17, 15) is 0 Å². The number of aryl methyl sites for hydroxylation is 1. The van der Waals surface area contributed by atoms with Crippen LogP contribution < -0.4 is 5.32 Å². The second-order valence-corrected chi connectivity index (χ2v) is 4.37. The van der Waals surface area contributed by atoms with Gasteiger partial charge in [0.15, 0.2) is 0 Å². The summed E-state index contributed by atoms with van der Waals surface area (Å²) in [6, 6.07) is 6.48. The van der Waals surface area contributed by atoms with Crippen LogP contribution in [0.4, 0.5) is 0 Å². The molecule has 0 amide bonds. The van der Waals surface area contributed by atoms with Crippen molar-refractivity contribution >= 4 is 11.6 Å². The van der Waals surface area contributed by atoms with Crippen molar-refractivity contribution in [3.8, 4) is 12.3 Å². The molecule has 1 atom stereocenters. The van der Waals surface area contributed by atoms with Crippen LogP contribution in [-0.2, 0) is 0 Å². The van der Waals surface area contributed by atoms with Gasteiger partial charge in [-0.2, -0.15) is 0 Å². The molecule has 0 aliphatic carbocycles. The summed E-state index contributed by atoms with van der Waals surface area (Å²) in [5.74, 6) is 2.66. The van der Waals surface area contributed by atoms with Crippen molar-refractivity contribution in [1.29, 1.82) is 0 Å². The number of halogens is 1. The normalized spacial score (nSPS) is 12.1. The molecule has 0 bridgehead atoms. The van der Waals surface area contributed by atoms with Crippen LogP contribution >= 0.6 is 11.6 Å². The van der Waals surface area contributed by atoms with Crippen LogP contribution in [0.15, 0.2) is 18.2 Å². The maximum absolute atomic E-state index is 6.24. The third-order valence-electron chi connectivity index (χ3n) is 2.69. The lowest BCUT2D eigenvalue weighted by Crippen LogP contribution is -2.16. The summed E-state index contributed by atoms with van der Waals surface area (Å²) in [6.45, 7) is 2.04. The SMILES string of the molecule is C#CCCCC(NC)c1ccc(C)cc1Cl. The molecule has 0 aliphatic rings. The first-order chi connectivity index (χ1) is 7.69. The monoisotopic (exact) mass is 235 g/mol. The fraction of sp³-hybridized carbons (Fsp3) is 0.429. The van der Waals surface area contributed by atoms with E-state index in [2.05, 4.69) is 23.4 Å². The Bertz CT molecular complexity index is 379. The zero-order chi connectivity index (χ0) is 12.0. The summed E-state index contributed by atoms with van der Waals surface area (Å²) in [5.41, 5.74) is 2.35. The van der Waals surface area contributed by atoms with Gasteiger partial charge in [-0.25, -0.2) is 0 Å². The van der Waals surface area contributed by atoms with Gasteiger partial charge in [0.05, 0.1) is 0 Å². The number of hydrogen-bond acceptors (Lipinski definition) is 1. The van der Waals surface area contributed by atoms with E-state index < -0.39 is 0 Å². The van der Waals surface area contributed by atoms with Crippen LogP contribution in [0.2, 0.25) is 5.02 Å². The van der Waals surface area contributed by atoms with Gasteiger partial charge in [-0.1, -0.05) is 23.7 Å². The third kappa shape index (κ3) is 3.56. The summed E-state index contributed by atoms with van der Waals surface area (Å²) in [5, 5.41) is 4.12. The Morgan fingerprint density at radius 1 is 1.50 bits per heavy atom. The minimum absolute atomic E-state index is 0.293. The van der Waals surface area contributed by atoms with Crippen LogP contribution in [0.25, 0.3) is 0 Å². The first-order valence-corrected chi connectivity index (χ1v) is 5.93. The van der Waals surface area contributed by atoms with E-state index in [1.165, 1.54) is 5.56 Å². The quantitative estimate of drug-likeness (QED) is 0.606. The summed E-state index contributed by atoms with van der Waals surface area (Å²) < 4.78 is 0. The van der Waals surface area contributed by atoms with Crippen LogP contribution in [0.5, 0.6) is 0 Å². The standard InChI is InChI=1S/C14H18ClN/c1-4-5-6-7-14(16-3)12-9-8-11(2)10-13(12)15/h1,8-10,14,16H,5-7H2,2-3H3. The van der Waals surface area contributed by atoms with E-state index in [0.29, 0.717) is 6.04 Å². The molecule has 2 heteroatoms. The van der Waals surface area contributed by atoms with Crippen molar-refractivity contribution in [3.63, 3.8) is 0 Å². The number of hydrogen-bond donors (Lipinski definition) is 1. The summed E-state index contributed by atoms with van der Waals surface area (Å²) in [7, 11) is 1.96. The molecule has 0 spiro atoms. The Morgan fingerprint density at radius 3 is 2.81 bits per heavy atom. The lowest BCUT2D eigenvalue weighted by molar-refractivity contribution is 0.532. The van der Waals surface area contributed by atoms with Gasteiger partial charge in [0.1, 0.15) is 0 Å². The highest BCUT2D eigenvalue weighted by Gasteiger charge is 2.11. The molecule has 1 N–H and O–H groups in total. The smallest absolute Gasteiger partial charge is 0.0456 e. The average Bonchev–Trinajstić information content (AvgIpc) is 2.26. The Balaban J connectivity index is 2.75. The van der Waals surface area contributed by atoms with Crippen molar-refractivity contribution in [1.82, 2.24) is 5.32 Å². The number of unbranched alkanes of at least 4 members (excludes halogenated alkanes) is 1. The van der Waals surface area contributed by atoms with Gasteiger partial charge in [0.25, 0.3) is 0 Å². The van der Waals surface area contributed by atoms with Crippen molar-refractivity contribution in [2.75, 3.05) is 7.05 Å². The largest absolute Gasteiger partial charge is 0.313 e. The van der Waals surface area contributed by atoms with E-state index in [-0.39, 0.29) is 0 Å². The lowest BCUT2D eigenvalue weighted by atomic mass is 10.00. The molecule has 0 aromatic heterocycles. The Kier molecular flexibility index (Phi) is 5.38. The van der Waals surface area contributed by atoms with E-state index in [0.717, 1.165) is 29.8 Å². The summed E-state index contributed by atoms with van der Waals surface area (Å²) in [6.07, 6.45) is 8.11. The van der Waals surface area contributed by atoms with Crippen LogP contribution in [0.1, 0.15) is 36.4 Å². The molecule has 0 fully saturated rings. The highest BCUT2D eigenvalue weighted by Crippen LogP contribution is 2.27. The lowest BCUT2D eigenvalue weighted by Gasteiger charge is -2.17. The zero-order valence-corrected chi connectivity index (χ0v) is 10.6. The molecule has 86 valence electrons. The van der Waals surface area contributed by atoms with Crippen LogP contribution in [0, 0.1) is 19.3 Å². The van der Waals surface area contributed by atoms with E-state index in [4.69, 9.17) is 18.0 Å². The molecule has 0 radical (unpaired) electrons. The minimum Gasteiger partial charge on any atom is -0.313 e. The maximum atomic E-state index is 6.24. The molecule has 1 rings (SSSR count). The second-order valence-electron chi connectivity index (χ2n) is 3.96. The fourth-order valence-electron chi connectivity index (χ4n) is 1.78. The Labute approximate surface area is 103 Å². The maximum Gasteiger partial charge on any atom is 0.0456 e. The number of terminal acetylenes is 1. The van der Waals surface area contributed by atoms with E-state index >= 15 is 0 Å². The van der Waals surface area contributed by atoms with E-state index in [1.54, 1.807) is 0 Å². The molecule has 0 saturated heterocycles. The number of nitrogens with one attached hydrogen (secondary N) is 1. The molecule has 16 heavy (non-hydrogen) atoms.